The summed E-state index contributed by atoms with van der Waals surface area (Å²) >= 11 is 0. The molecule has 0 saturated carbocycles. The molecule has 0 aliphatic rings. The molecule has 0 aromatic heterocycles. The molecule has 0 bridgehead atoms. The predicted octanol–water partition coefficient (Wildman–Crippen LogP) is 16.4. The lowest BCUT2D eigenvalue weighted by molar-refractivity contribution is 1.28. The molecule has 276 valence electrons. The lowest BCUT2D eigenvalue weighted by Gasteiger charge is -2.26. The van der Waals surface area contributed by atoms with Gasteiger partial charge in [0.25, 0.3) is 0 Å². The van der Waals surface area contributed by atoms with Gasteiger partial charge in [0, 0.05) is 17.1 Å². The van der Waals surface area contributed by atoms with Gasteiger partial charge in [0.1, 0.15) is 0 Å². The normalized spacial score (nSPS) is 11.4. The summed E-state index contributed by atoms with van der Waals surface area (Å²) in [5.41, 5.74) is 13.0. The van der Waals surface area contributed by atoms with Crippen molar-refractivity contribution < 1.29 is 0 Å². The van der Waals surface area contributed by atoms with Gasteiger partial charge >= 0.3 is 0 Å². The minimum absolute atomic E-state index is 1.10. The third-order valence-corrected chi connectivity index (χ3v) is 11.9. The van der Waals surface area contributed by atoms with Gasteiger partial charge in [-0.25, -0.2) is 0 Å². The lowest BCUT2D eigenvalue weighted by atomic mass is 9.89. The van der Waals surface area contributed by atoms with Crippen LogP contribution in [0.3, 0.4) is 0 Å². The molecule has 0 saturated heterocycles. The Kier molecular flexibility index (Phi) is 8.56. The molecule has 0 unspecified atom stereocenters. The lowest BCUT2D eigenvalue weighted by Crippen LogP contribution is -2.09. The summed E-state index contributed by atoms with van der Waals surface area (Å²) in [6, 6.07) is 86.1. The molecule has 0 aliphatic carbocycles. The maximum Gasteiger partial charge on any atom is 0.0462 e. The monoisotopic (exact) mass is 749 g/mol. The van der Waals surface area contributed by atoms with E-state index >= 15 is 0 Å². The quantitative estimate of drug-likeness (QED) is 0.147. The molecule has 0 amide bonds. The molecule has 0 atom stereocenters. The van der Waals surface area contributed by atoms with Gasteiger partial charge in [-0.3, -0.25) is 0 Å². The molecule has 1 nitrogen and oxygen atoms in total. The maximum absolute atomic E-state index is 2.35. The fourth-order valence-corrected chi connectivity index (χ4v) is 9.01. The SMILES string of the molecule is c1ccc(-c2ccc(N(c3ccc(-c4cccc(-c5cccc6c7ccccc7c7ccccc7c56)c4)cc3)c3ccc(-c4cccc5ccccc45)cc3)cc2)cc1. The van der Waals surface area contributed by atoms with Crippen LogP contribution in [0.15, 0.2) is 237 Å². The van der Waals surface area contributed by atoms with E-state index in [1.165, 1.54) is 87.6 Å². The van der Waals surface area contributed by atoms with Crippen molar-refractivity contribution in [2.75, 3.05) is 4.90 Å². The third kappa shape index (κ3) is 6.21. The highest BCUT2D eigenvalue weighted by atomic mass is 15.1. The van der Waals surface area contributed by atoms with Crippen LogP contribution in [0, 0.1) is 0 Å². The number of benzene rings is 11. The molecule has 0 aliphatic heterocycles. The van der Waals surface area contributed by atoms with Gasteiger partial charge in [0.15, 0.2) is 0 Å². The van der Waals surface area contributed by atoms with Gasteiger partial charge in [0.05, 0.1) is 0 Å². The highest BCUT2D eigenvalue weighted by Crippen LogP contribution is 2.42. The summed E-state index contributed by atoms with van der Waals surface area (Å²) in [4.78, 5) is 2.35. The van der Waals surface area contributed by atoms with Crippen LogP contribution >= 0.6 is 0 Å². The first-order valence-electron chi connectivity index (χ1n) is 20.3. The second-order valence-electron chi connectivity index (χ2n) is 15.3. The largest absolute Gasteiger partial charge is 0.311 e. The molecule has 0 fully saturated rings. The molecule has 0 N–H and O–H groups in total. The van der Waals surface area contributed by atoms with Crippen molar-refractivity contribution in [3.05, 3.63) is 237 Å². The van der Waals surface area contributed by atoms with Crippen LogP contribution in [-0.4, -0.2) is 0 Å². The van der Waals surface area contributed by atoms with Crippen LogP contribution in [0.4, 0.5) is 17.1 Å². The molecule has 1 heteroatoms. The molecule has 11 aromatic rings. The second kappa shape index (κ2) is 14.6. The molecule has 0 heterocycles. The van der Waals surface area contributed by atoms with Crippen LogP contribution in [0.2, 0.25) is 0 Å². The van der Waals surface area contributed by atoms with E-state index in [1.807, 2.05) is 0 Å². The second-order valence-corrected chi connectivity index (χ2v) is 15.3. The first-order chi connectivity index (χ1) is 29.3. The maximum atomic E-state index is 2.35. The van der Waals surface area contributed by atoms with E-state index in [4.69, 9.17) is 0 Å². The van der Waals surface area contributed by atoms with Crippen molar-refractivity contribution in [3.63, 3.8) is 0 Å². The minimum Gasteiger partial charge on any atom is -0.311 e. The van der Waals surface area contributed by atoms with Gasteiger partial charge in [-0.2, -0.15) is 0 Å². The van der Waals surface area contributed by atoms with Crippen LogP contribution in [-0.2, 0) is 0 Å². The third-order valence-electron chi connectivity index (χ3n) is 11.9. The minimum atomic E-state index is 1.10. The summed E-state index contributed by atoms with van der Waals surface area (Å²) in [5, 5.41) is 10.3. The molecule has 11 rings (SSSR count). The average Bonchev–Trinajstić information content (AvgIpc) is 3.32. The van der Waals surface area contributed by atoms with E-state index in [0.29, 0.717) is 0 Å². The number of fused-ring (bicyclic) bond motifs is 7. The summed E-state index contributed by atoms with van der Waals surface area (Å²) in [6.07, 6.45) is 0. The van der Waals surface area contributed by atoms with Crippen molar-refractivity contribution in [3.8, 4) is 44.5 Å². The van der Waals surface area contributed by atoms with E-state index in [-0.39, 0.29) is 0 Å². The number of anilines is 3. The fraction of sp³-hybridized carbons (Fsp3) is 0. The molecular formula is C58H39N. The topological polar surface area (TPSA) is 3.24 Å². The van der Waals surface area contributed by atoms with Crippen molar-refractivity contribution >= 4 is 60.2 Å². The van der Waals surface area contributed by atoms with E-state index in [0.717, 1.165) is 17.1 Å². The Labute approximate surface area is 344 Å². The van der Waals surface area contributed by atoms with Gasteiger partial charge < -0.3 is 4.90 Å². The number of nitrogens with zero attached hydrogens (tertiary/aromatic N) is 1. The average molecular weight is 750 g/mol. The zero-order chi connectivity index (χ0) is 39.1. The van der Waals surface area contributed by atoms with Crippen LogP contribution in [0.5, 0.6) is 0 Å². The van der Waals surface area contributed by atoms with Crippen LogP contribution in [0.1, 0.15) is 0 Å². The van der Waals surface area contributed by atoms with E-state index in [9.17, 15) is 0 Å². The summed E-state index contributed by atoms with van der Waals surface area (Å²) < 4.78 is 0. The summed E-state index contributed by atoms with van der Waals surface area (Å²) in [7, 11) is 0. The van der Waals surface area contributed by atoms with Crippen molar-refractivity contribution in [1.82, 2.24) is 0 Å². The standard InChI is InChI=1S/C58H39N/c1-2-13-40(14-3-1)41-27-33-47(34-28-41)59(49-37-31-44(32-38-49)51-24-11-16-43-15-4-5-19-50(43)51)48-35-29-42(30-36-48)45-17-10-18-46(39-45)52-25-12-26-57-55-21-7-6-20-53(55)54-22-8-9-23-56(54)58(52)57/h1-39H. The summed E-state index contributed by atoms with van der Waals surface area (Å²) in [5.74, 6) is 0. The van der Waals surface area contributed by atoms with Crippen LogP contribution < -0.4 is 4.90 Å². The molecule has 0 spiro atoms. The number of hydrogen-bond donors (Lipinski definition) is 0. The smallest absolute Gasteiger partial charge is 0.0462 e. The molecule has 59 heavy (non-hydrogen) atoms. The molecule has 0 radical (unpaired) electrons. The van der Waals surface area contributed by atoms with Gasteiger partial charge in [-0.1, -0.05) is 194 Å². The highest BCUT2D eigenvalue weighted by molar-refractivity contribution is 6.28. The van der Waals surface area contributed by atoms with E-state index in [1.54, 1.807) is 0 Å². The van der Waals surface area contributed by atoms with Crippen molar-refractivity contribution in [2.24, 2.45) is 0 Å². The van der Waals surface area contributed by atoms with Crippen molar-refractivity contribution in [1.29, 1.82) is 0 Å². The van der Waals surface area contributed by atoms with Gasteiger partial charge in [0.2, 0.25) is 0 Å². The van der Waals surface area contributed by atoms with E-state index in [2.05, 4.69) is 241 Å². The van der Waals surface area contributed by atoms with Gasteiger partial charge in [-0.15, -0.1) is 0 Å². The highest BCUT2D eigenvalue weighted by Gasteiger charge is 2.16. The van der Waals surface area contributed by atoms with Crippen molar-refractivity contribution in [2.45, 2.75) is 0 Å². The van der Waals surface area contributed by atoms with Crippen LogP contribution in [0.25, 0.3) is 87.6 Å². The number of hydrogen-bond acceptors (Lipinski definition) is 1. The zero-order valence-electron chi connectivity index (χ0n) is 32.5. The molecule has 11 aromatic carbocycles. The Hall–Kier alpha value is -7.74. The fourth-order valence-electron chi connectivity index (χ4n) is 9.01. The Balaban J connectivity index is 0.979. The molecular weight excluding hydrogens is 711 g/mol. The summed E-state index contributed by atoms with van der Waals surface area (Å²) in [6.45, 7) is 0. The first-order valence-corrected chi connectivity index (χ1v) is 20.3. The first kappa shape index (κ1) is 34.5. The predicted molar refractivity (Wildman–Crippen MR) is 253 cm³/mol. The zero-order valence-corrected chi connectivity index (χ0v) is 32.5. The Bertz CT molecular complexity index is 3240. The Morgan fingerprint density at radius 1 is 0.220 bits per heavy atom. The Morgan fingerprint density at radius 3 is 1.25 bits per heavy atom. The van der Waals surface area contributed by atoms with E-state index < -0.39 is 0 Å². The Morgan fingerprint density at radius 2 is 0.610 bits per heavy atom. The number of rotatable bonds is 7. The van der Waals surface area contributed by atoms with Gasteiger partial charge in [-0.05, 0) is 130 Å².